The van der Waals surface area contributed by atoms with E-state index in [1.807, 2.05) is 65.2 Å². The molecule has 3 aliphatic heterocycles. The van der Waals surface area contributed by atoms with Crippen molar-refractivity contribution < 1.29 is 27.9 Å². The van der Waals surface area contributed by atoms with Gasteiger partial charge in [0.15, 0.2) is 0 Å². The minimum absolute atomic E-state index is 0.0731. The van der Waals surface area contributed by atoms with E-state index in [0.29, 0.717) is 55.0 Å². The molecule has 55 heavy (non-hydrogen) atoms. The van der Waals surface area contributed by atoms with Gasteiger partial charge in [-0.3, -0.25) is 14.0 Å². The second-order valence-electron chi connectivity index (χ2n) is 18.2. The van der Waals surface area contributed by atoms with Gasteiger partial charge in [-0.1, -0.05) is 90.0 Å². The Balaban J connectivity index is 0.000000803. The van der Waals surface area contributed by atoms with Crippen molar-refractivity contribution in [2.45, 2.75) is 185 Å². The van der Waals surface area contributed by atoms with Crippen LogP contribution in [0.5, 0.6) is 0 Å². The van der Waals surface area contributed by atoms with Gasteiger partial charge in [-0.2, -0.15) is 0 Å². The summed E-state index contributed by atoms with van der Waals surface area (Å²) in [6, 6.07) is 0.658. The normalized spacial score (nSPS) is 28.3. The van der Waals surface area contributed by atoms with Crippen LogP contribution < -0.4 is 0 Å². The summed E-state index contributed by atoms with van der Waals surface area (Å²) in [7, 11) is 2.03. The Labute approximate surface area is 342 Å². The molecule has 0 bridgehead atoms. The van der Waals surface area contributed by atoms with Crippen molar-refractivity contribution >= 4 is 15.1 Å². The third kappa shape index (κ3) is 16.9. The smallest absolute Gasteiger partial charge is 0.345 e. The molecule has 0 aliphatic carbocycles. The van der Waals surface area contributed by atoms with Crippen molar-refractivity contribution in [3.63, 3.8) is 0 Å². The van der Waals surface area contributed by atoms with Crippen LogP contribution in [0, 0.1) is 23.7 Å². The molecular weight excluding hydrogens is 732 g/mol. The maximum Gasteiger partial charge on any atom is 0.345 e. The highest BCUT2D eigenvalue weighted by atomic mass is 31.2. The molecule has 0 radical (unpaired) electrons. The molecule has 332 valence electrons. The van der Waals surface area contributed by atoms with Crippen molar-refractivity contribution in [3.05, 3.63) is 0 Å². The van der Waals surface area contributed by atoms with Crippen LogP contribution in [0.15, 0.2) is 0 Å². The Hall–Kier alpha value is 0.100. The van der Waals surface area contributed by atoms with Crippen molar-refractivity contribution in [2.75, 3.05) is 67.5 Å². The Bertz CT molecular complexity index is 1080. The van der Waals surface area contributed by atoms with Crippen LogP contribution in [-0.2, 0) is 27.9 Å². The van der Waals surface area contributed by atoms with E-state index >= 15 is 0 Å². The number of nitrogens with zero attached hydrogens (tertiary/aromatic N) is 5. The molecular formula is C42H93N5O6P2. The lowest BCUT2D eigenvalue weighted by Gasteiger charge is -2.47. The SMILES string of the molecule is CC.CC(C)C1CN(P(=O)(C(C)C)N(C)C)CC(C(C)C)O1.CC(C)OP(=O)(N(C)C)N1CC(C(C)C)OC(C(C)C)C1.CCC1CN(C(C)C)CC(C)O1. The molecule has 8 atom stereocenters. The van der Waals surface area contributed by atoms with Crippen LogP contribution >= 0.6 is 15.1 Å². The molecule has 0 N–H and O–H groups in total. The molecule has 0 aromatic rings. The van der Waals surface area contributed by atoms with Crippen LogP contribution in [0.4, 0.5) is 0 Å². The number of ether oxygens (including phenoxy) is 3. The first-order valence-corrected chi connectivity index (χ1v) is 25.0. The topological polar surface area (TPSA) is 87.3 Å². The van der Waals surface area contributed by atoms with E-state index in [-0.39, 0.29) is 36.2 Å². The largest absolute Gasteiger partial charge is 0.373 e. The summed E-state index contributed by atoms with van der Waals surface area (Å²) in [6.07, 6.45) is 2.45. The molecule has 3 rings (SSSR count). The fraction of sp³-hybridized carbons (Fsp3) is 1.00. The van der Waals surface area contributed by atoms with Crippen molar-refractivity contribution in [1.82, 2.24) is 23.6 Å². The zero-order valence-electron chi connectivity index (χ0n) is 40.0. The zero-order valence-corrected chi connectivity index (χ0v) is 41.8. The molecule has 0 spiro atoms. The summed E-state index contributed by atoms with van der Waals surface area (Å²) in [5, 5.41) is 0. The lowest BCUT2D eigenvalue weighted by Crippen LogP contribution is -2.51. The first-order chi connectivity index (χ1) is 25.3. The average molecular weight is 826 g/mol. The van der Waals surface area contributed by atoms with Gasteiger partial charge in [0, 0.05) is 51.0 Å². The molecule has 3 saturated heterocycles. The monoisotopic (exact) mass is 826 g/mol. The molecule has 3 heterocycles. The van der Waals surface area contributed by atoms with Crippen molar-refractivity contribution in [2.24, 2.45) is 23.7 Å². The Morgan fingerprint density at radius 2 is 0.982 bits per heavy atom. The lowest BCUT2D eigenvalue weighted by molar-refractivity contribution is -0.105. The molecule has 0 saturated carbocycles. The second-order valence-corrected chi connectivity index (χ2v) is 24.3. The minimum atomic E-state index is -2.99. The van der Waals surface area contributed by atoms with Crippen LogP contribution in [0.25, 0.3) is 0 Å². The zero-order chi connectivity index (χ0) is 43.2. The summed E-state index contributed by atoms with van der Waals surface area (Å²) in [6.45, 7) is 43.2. The summed E-state index contributed by atoms with van der Waals surface area (Å²) in [4.78, 5) is 2.50. The molecule has 0 aromatic carbocycles. The molecule has 0 aromatic heterocycles. The van der Waals surface area contributed by atoms with Gasteiger partial charge in [-0.25, -0.2) is 18.7 Å². The molecule has 8 unspecified atom stereocenters. The van der Waals surface area contributed by atoms with Gasteiger partial charge in [-0.05, 0) is 92.9 Å². The van der Waals surface area contributed by atoms with E-state index in [1.165, 1.54) is 0 Å². The summed E-state index contributed by atoms with van der Waals surface area (Å²) >= 11 is 0. The molecule has 0 amide bonds. The highest BCUT2D eigenvalue weighted by molar-refractivity contribution is 7.59. The third-order valence-electron chi connectivity index (χ3n) is 10.6. The van der Waals surface area contributed by atoms with E-state index in [0.717, 1.165) is 32.6 Å². The summed E-state index contributed by atoms with van der Waals surface area (Å²) < 4.78 is 58.8. The Morgan fingerprint density at radius 1 is 0.600 bits per heavy atom. The van der Waals surface area contributed by atoms with Crippen LogP contribution in [0.3, 0.4) is 0 Å². The number of rotatable bonds is 13. The van der Waals surface area contributed by atoms with Gasteiger partial charge in [0.05, 0.1) is 42.7 Å². The van der Waals surface area contributed by atoms with E-state index in [1.54, 1.807) is 4.67 Å². The summed E-state index contributed by atoms with van der Waals surface area (Å²) in [5.41, 5.74) is 0.135. The Morgan fingerprint density at radius 3 is 1.25 bits per heavy atom. The number of morpholine rings is 3. The second kappa shape index (κ2) is 25.7. The molecule has 11 nitrogen and oxygen atoms in total. The standard InChI is InChI=1S/C15H33N2O3P.C15H33N2O2P.C10H21NO.C2H6/c1-11(2)14-9-17(10-15(19-14)12(3)4)21(18,16(7)8)20-13(5)6;1-11(2)14-9-17(10-15(19-14)12(3)4)20(18,13(5)6)16(7)8;1-5-10-7-11(8(2)3)6-9(4)12-10;1-2/h11-15H,9-10H2,1-8H3;11-15H,9-10H2,1-8H3;8-10H,5-7H2,1-4H3;1-2H3. The number of hydrogen-bond donors (Lipinski definition) is 0. The highest BCUT2D eigenvalue weighted by Gasteiger charge is 2.44. The summed E-state index contributed by atoms with van der Waals surface area (Å²) in [5.74, 6) is 1.68. The van der Waals surface area contributed by atoms with Crippen molar-refractivity contribution in [1.29, 1.82) is 0 Å². The maximum atomic E-state index is 13.5. The minimum Gasteiger partial charge on any atom is -0.373 e. The number of hydrogen-bond acceptors (Lipinski definition) is 7. The maximum absolute atomic E-state index is 13.5. The van der Waals surface area contributed by atoms with E-state index < -0.39 is 15.1 Å². The Kier molecular flexibility index (Phi) is 25.7. The van der Waals surface area contributed by atoms with E-state index in [4.69, 9.17) is 18.7 Å². The van der Waals surface area contributed by atoms with Gasteiger partial charge >= 0.3 is 7.67 Å². The van der Waals surface area contributed by atoms with Crippen LogP contribution in [-0.4, -0.2) is 145 Å². The predicted octanol–water partition coefficient (Wildman–Crippen LogP) is 9.91. The van der Waals surface area contributed by atoms with Crippen LogP contribution in [0.2, 0.25) is 0 Å². The van der Waals surface area contributed by atoms with E-state index in [9.17, 15) is 9.13 Å². The molecule has 3 aliphatic rings. The lowest BCUT2D eigenvalue weighted by atomic mass is 10.0. The van der Waals surface area contributed by atoms with Crippen LogP contribution in [0.1, 0.15) is 131 Å². The fourth-order valence-corrected chi connectivity index (χ4v) is 12.0. The van der Waals surface area contributed by atoms with E-state index in [2.05, 4.69) is 107 Å². The quantitative estimate of drug-likeness (QED) is 0.166. The first-order valence-electron chi connectivity index (χ1n) is 21.8. The van der Waals surface area contributed by atoms with Gasteiger partial charge in [0.1, 0.15) is 0 Å². The fourth-order valence-electron chi connectivity index (χ4n) is 6.97. The average Bonchev–Trinajstić information content (AvgIpc) is 3.11. The van der Waals surface area contributed by atoms with Gasteiger partial charge in [0.2, 0.25) is 7.44 Å². The first kappa shape index (κ1) is 55.1. The molecule has 13 heteroatoms. The molecule has 3 fully saturated rings. The van der Waals surface area contributed by atoms with Gasteiger partial charge in [0.25, 0.3) is 0 Å². The van der Waals surface area contributed by atoms with Crippen molar-refractivity contribution in [3.8, 4) is 0 Å². The third-order valence-corrected chi connectivity index (χ3v) is 17.0. The van der Waals surface area contributed by atoms with Gasteiger partial charge < -0.3 is 18.7 Å². The van der Waals surface area contributed by atoms with Gasteiger partial charge in [-0.15, -0.1) is 0 Å². The predicted molar refractivity (Wildman–Crippen MR) is 236 cm³/mol. The highest BCUT2D eigenvalue weighted by Crippen LogP contribution is 2.57.